The predicted octanol–water partition coefficient (Wildman–Crippen LogP) is 2.16. The van der Waals surface area contributed by atoms with E-state index < -0.39 is 23.8 Å². The second-order valence-electron chi connectivity index (χ2n) is 4.52. The van der Waals surface area contributed by atoms with E-state index in [1.807, 2.05) is 0 Å². The van der Waals surface area contributed by atoms with E-state index in [4.69, 9.17) is 23.2 Å². The number of esters is 2. The molecule has 2 N–H and O–H groups in total. The van der Waals surface area contributed by atoms with Gasteiger partial charge in [0, 0.05) is 23.5 Å². The van der Waals surface area contributed by atoms with E-state index in [1.165, 1.54) is 24.3 Å². The molecule has 138 valence electrons. The highest BCUT2D eigenvalue weighted by atomic mass is 35.5. The molecule has 0 saturated heterocycles. The third-order valence-corrected chi connectivity index (χ3v) is 3.29. The van der Waals surface area contributed by atoms with Crippen LogP contribution in [0.5, 0.6) is 0 Å². The van der Waals surface area contributed by atoms with Gasteiger partial charge >= 0.3 is 11.9 Å². The first kappa shape index (κ1) is 21.2. The van der Waals surface area contributed by atoms with Crippen molar-refractivity contribution in [3.05, 3.63) is 46.5 Å². The fourth-order valence-corrected chi connectivity index (χ4v) is 1.75. The minimum atomic E-state index is -0.764. The summed E-state index contributed by atoms with van der Waals surface area (Å²) in [5, 5.41) is 4.19. The number of halogens is 2. The zero-order valence-corrected chi connectivity index (χ0v) is 15.2. The summed E-state index contributed by atoms with van der Waals surface area (Å²) in [4.78, 5) is 45.6. The van der Waals surface area contributed by atoms with E-state index in [2.05, 4.69) is 20.1 Å². The molecule has 0 fully saturated rings. The number of carbonyl (C=O) groups is 4. The molecule has 26 heavy (non-hydrogen) atoms. The standard InChI is InChI=1S/C16H14Cl2N2O6/c1-25-13(21)7-11(17)15(23)19-9-3-5-10(6-4-9)20-16(24)12(18)8-14(22)26-2/h3-8H,1-2H3,(H,19,23)(H,20,24)/b11-7-,12-8-. The van der Waals surface area contributed by atoms with Gasteiger partial charge in [0.2, 0.25) is 0 Å². The maximum absolute atomic E-state index is 11.8. The highest BCUT2D eigenvalue weighted by Gasteiger charge is 2.11. The number of benzene rings is 1. The highest BCUT2D eigenvalue weighted by molar-refractivity contribution is 6.45. The average molecular weight is 401 g/mol. The number of hydrogen-bond acceptors (Lipinski definition) is 6. The van der Waals surface area contributed by atoms with Crippen LogP contribution in [-0.2, 0) is 28.7 Å². The molecule has 0 unspecified atom stereocenters. The van der Waals surface area contributed by atoms with Crippen LogP contribution in [0.15, 0.2) is 46.5 Å². The van der Waals surface area contributed by atoms with Gasteiger partial charge in [0.15, 0.2) is 0 Å². The van der Waals surface area contributed by atoms with Crippen molar-refractivity contribution in [1.29, 1.82) is 0 Å². The van der Waals surface area contributed by atoms with Gasteiger partial charge in [-0.1, -0.05) is 23.2 Å². The van der Waals surface area contributed by atoms with Crippen molar-refractivity contribution in [2.24, 2.45) is 0 Å². The first-order valence-electron chi connectivity index (χ1n) is 6.90. The molecule has 0 spiro atoms. The molecule has 0 aliphatic heterocycles. The van der Waals surface area contributed by atoms with Crippen LogP contribution < -0.4 is 10.6 Å². The summed E-state index contributed by atoms with van der Waals surface area (Å²) in [6, 6.07) is 5.92. The molecule has 0 aliphatic rings. The summed E-state index contributed by atoms with van der Waals surface area (Å²) < 4.78 is 8.72. The lowest BCUT2D eigenvalue weighted by Gasteiger charge is -2.07. The normalized spacial score (nSPS) is 11.4. The molecule has 1 rings (SSSR count). The van der Waals surface area contributed by atoms with Crippen LogP contribution in [0.3, 0.4) is 0 Å². The molecule has 0 aliphatic carbocycles. The molecule has 10 heteroatoms. The van der Waals surface area contributed by atoms with E-state index in [0.717, 1.165) is 26.4 Å². The quantitative estimate of drug-likeness (QED) is 0.558. The Balaban J connectivity index is 2.72. The van der Waals surface area contributed by atoms with E-state index in [9.17, 15) is 19.2 Å². The smallest absolute Gasteiger partial charge is 0.332 e. The van der Waals surface area contributed by atoms with E-state index in [-0.39, 0.29) is 10.1 Å². The predicted molar refractivity (Wildman–Crippen MR) is 95.6 cm³/mol. The Bertz CT molecular complexity index is 706. The van der Waals surface area contributed by atoms with E-state index >= 15 is 0 Å². The van der Waals surface area contributed by atoms with Crippen LogP contribution in [0, 0.1) is 0 Å². The molecule has 0 saturated carbocycles. The maximum atomic E-state index is 11.8. The second kappa shape index (κ2) is 10.2. The Hall–Kier alpha value is -2.84. The number of nitrogens with one attached hydrogen (secondary N) is 2. The van der Waals surface area contributed by atoms with Crippen molar-refractivity contribution in [1.82, 2.24) is 0 Å². The number of ether oxygens (including phenoxy) is 2. The minimum Gasteiger partial charge on any atom is -0.466 e. The van der Waals surface area contributed by atoms with Gasteiger partial charge in [0.05, 0.1) is 14.2 Å². The molecule has 1 aromatic carbocycles. The molecule has 0 heterocycles. The second-order valence-corrected chi connectivity index (χ2v) is 5.33. The maximum Gasteiger partial charge on any atom is 0.332 e. The Kier molecular flexibility index (Phi) is 8.33. The van der Waals surface area contributed by atoms with Crippen molar-refractivity contribution >= 4 is 58.3 Å². The van der Waals surface area contributed by atoms with Gasteiger partial charge < -0.3 is 20.1 Å². The zero-order valence-electron chi connectivity index (χ0n) is 13.7. The first-order chi connectivity index (χ1) is 12.3. The topological polar surface area (TPSA) is 111 Å². The van der Waals surface area contributed by atoms with E-state index in [0.29, 0.717) is 11.4 Å². The summed E-state index contributed by atoms with van der Waals surface area (Å²) in [5.74, 6) is -2.95. The summed E-state index contributed by atoms with van der Waals surface area (Å²) in [7, 11) is 2.31. The zero-order chi connectivity index (χ0) is 19.7. The Labute approximate surface area is 158 Å². The minimum absolute atomic E-state index is 0.353. The molecule has 0 radical (unpaired) electrons. The summed E-state index contributed by atoms with van der Waals surface area (Å²) >= 11 is 11.4. The van der Waals surface area contributed by atoms with Crippen molar-refractivity contribution < 1.29 is 28.7 Å². The molecular formula is C16H14Cl2N2O6. The largest absolute Gasteiger partial charge is 0.466 e. The molecule has 2 amide bonds. The molecule has 8 nitrogen and oxygen atoms in total. The highest BCUT2D eigenvalue weighted by Crippen LogP contribution is 2.16. The lowest BCUT2D eigenvalue weighted by Crippen LogP contribution is -2.14. The van der Waals surface area contributed by atoms with Gasteiger partial charge in [-0.25, -0.2) is 9.59 Å². The number of anilines is 2. The number of carbonyl (C=O) groups excluding carboxylic acids is 4. The monoisotopic (exact) mass is 400 g/mol. The molecule has 0 bridgehead atoms. The van der Waals surface area contributed by atoms with Crippen molar-refractivity contribution in [2.45, 2.75) is 0 Å². The van der Waals surface area contributed by atoms with Gasteiger partial charge in [-0.2, -0.15) is 0 Å². The Morgan fingerprint density at radius 1 is 0.769 bits per heavy atom. The molecular weight excluding hydrogens is 387 g/mol. The fourth-order valence-electron chi connectivity index (χ4n) is 1.47. The van der Waals surface area contributed by atoms with Crippen LogP contribution >= 0.6 is 23.2 Å². The van der Waals surface area contributed by atoms with Crippen LogP contribution in [0.4, 0.5) is 11.4 Å². The van der Waals surface area contributed by atoms with Gasteiger partial charge in [-0.3, -0.25) is 9.59 Å². The summed E-state index contributed by atoms with van der Waals surface area (Å²) in [6.45, 7) is 0. The fraction of sp³-hybridized carbons (Fsp3) is 0.125. The third-order valence-electron chi connectivity index (χ3n) is 2.73. The van der Waals surface area contributed by atoms with Gasteiger partial charge in [-0.05, 0) is 24.3 Å². The van der Waals surface area contributed by atoms with Gasteiger partial charge in [0.1, 0.15) is 10.1 Å². The number of hydrogen-bond donors (Lipinski definition) is 2. The summed E-state index contributed by atoms with van der Waals surface area (Å²) in [6.07, 6.45) is 1.67. The van der Waals surface area contributed by atoms with Gasteiger partial charge in [-0.15, -0.1) is 0 Å². The van der Waals surface area contributed by atoms with Gasteiger partial charge in [0.25, 0.3) is 11.8 Å². The SMILES string of the molecule is COC(=O)/C=C(\Cl)C(=O)Nc1ccc(NC(=O)/C(Cl)=C/C(=O)OC)cc1. The number of amides is 2. The number of methoxy groups -OCH3 is 2. The van der Waals surface area contributed by atoms with Crippen LogP contribution in [0.1, 0.15) is 0 Å². The lowest BCUT2D eigenvalue weighted by molar-refractivity contribution is -0.135. The third kappa shape index (κ3) is 6.96. The van der Waals surface area contributed by atoms with Crippen molar-refractivity contribution in [3.8, 4) is 0 Å². The number of rotatable bonds is 6. The van der Waals surface area contributed by atoms with Crippen molar-refractivity contribution in [3.63, 3.8) is 0 Å². The van der Waals surface area contributed by atoms with Crippen LogP contribution in [-0.4, -0.2) is 38.0 Å². The molecule has 0 aromatic heterocycles. The Morgan fingerprint density at radius 2 is 1.08 bits per heavy atom. The lowest BCUT2D eigenvalue weighted by atomic mass is 10.2. The average Bonchev–Trinajstić information content (AvgIpc) is 2.62. The Morgan fingerprint density at radius 3 is 1.35 bits per heavy atom. The molecule has 0 atom stereocenters. The van der Waals surface area contributed by atoms with Crippen LogP contribution in [0.2, 0.25) is 0 Å². The molecule has 1 aromatic rings. The first-order valence-corrected chi connectivity index (χ1v) is 7.65. The van der Waals surface area contributed by atoms with E-state index in [1.54, 1.807) is 0 Å². The van der Waals surface area contributed by atoms with Crippen molar-refractivity contribution in [2.75, 3.05) is 24.9 Å². The summed E-state index contributed by atoms with van der Waals surface area (Å²) in [5.41, 5.74) is 0.723. The van der Waals surface area contributed by atoms with Crippen LogP contribution in [0.25, 0.3) is 0 Å².